The second kappa shape index (κ2) is 6.15. The van der Waals surface area contributed by atoms with E-state index in [1.807, 2.05) is 0 Å². The van der Waals surface area contributed by atoms with Crippen LogP contribution in [-0.2, 0) is 4.79 Å². The van der Waals surface area contributed by atoms with Gasteiger partial charge < -0.3 is 10.6 Å². The Labute approximate surface area is 127 Å². The molecule has 0 spiro atoms. The molecule has 0 aliphatic heterocycles. The predicted molar refractivity (Wildman–Crippen MR) is 80.7 cm³/mol. The summed E-state index contributed by atoms with van der Waals surface area (Å²) < 4.78 is 14.3. The standard InChI is InChI=1S/C13H10BrFN2O2S/c1-7(18)16-11-5-9(2-3-10(11)15)17-13(19)8-4-12(14)20-6-8/h2-6H,1H3,(H,16,18)(H,17,19). The first-order valence-electron chi connectivity index (χ1n) is 5.58. The minimum atomic E-state index is -0.559. The number of amides is 2. The van der Waals surface area contributed by atoms with Crippen LogP contribution >= 0.6 is 27.3 Å². The summed E-state index contributed by atoms with van der Waals surface area (Å²) in [7, 11) is 0. The zero-order valence-electron chi connectivity index (χ0n) is 10.4. The second-order valence-corrected chi connectivity index (χ2v) is 6.26. The topological polar surface area (TPSA) is 58.2 Å². The van der Waals surface area contributed by atoms with Gasteiger partial charge in [0.25, 0.3) is 5.91 Å². The zero-order valence-corrected chi connectivity index (χ0v) is 12.8. The lowest BCUT2D eigenvalue weighted by Crippen LogP contribution is -2.12. The monoisotopic (exact) mass is 356 g/mol. The molecule has 2 N–H and O–H groups in total. The molecular formula is C13H10BrFN2O2S. The van der Waals surface area contributed by atoms with E-state index < -0.39 is 5.82 Å². The van der Waals surface area contributed by atoms with Gasteiger partial charge in [-0.05, 0) is 40.2 Å². The maximum atomic E-state index is 13.5. The highest BCUT2D eigenvalue weighted by Crippen LogP contribution is 2.23. The Morgan fingerprint density at radius 3 is 2.60 bits per heavy atom. The summed E-state index contributed by atoms with van der Waals surface area (Å²) in [5.41, 5.74) is 0.941. The van der Waals surface area contributed by atoms with Gasteiger partial charge in [0, 0.05) is 18.0 Å². The lowest BCUT2D eigenvalue weighted by Gasteiger charge is -2.08. The molecule has 0 aliphatic carbocycles. The fraction of sp³-hybridized carbons (Fsp3) is 0.0769. The van der Waals surface area contributed by atoms with Crippen molar-refractivity contribution in [2.45, 2.75) is 6.92 Å². The minimum Gasteiger partial charge on any atom is -0.324 e. The summed E-state index contributed by atoms with van der Waals surface area (Å²) in [5, 5.41) is 6.71. The van der Waals surface area contributed by atoms with Crippen LogP contribution in [0.1, 0.15) is 17.3 Å². The molecule has 0 fully saturated rings. The number of carbonyl (C=O) groups excluding carboxylic acids is 2. The molecule has 0 unspecified atom stereocenters. The molecule has 0 saturated carbocycles. The van der Waals surface area contributed by atoms with Gasteiger partial charge in [0.1, 0.15) is 5.82 Å². The molecule has 0 radical (unpaired) electrons. The minimum absolute atomic E-state index is 0.0294. The molecule has 4 nitrogen and oxygen atoms in total. The molecule has 2 aromatic rings. The lowest BCUT2D eigenvalue weighted by atomic mass is 10.2. The molecule has 0 atom stereocenters. The SMILES string of the molecule is CC(=O)Nc1cc(NC(=O)c2csc(Br)c2)ccc1F. The van der Waals surface area contributed by atoms with Gasteiger partial charge in [-0.2, -0.15) is 0 Å². The molecule has 2 rings (SSSR count). The van der Waals surface area contributed by atoms with Crippen molar-refractivity contribution in [3.8, 4) is 0 Å². The van der Waals surface area contributed by atoms with E-state index in [-0.39, 0.29) is 17.5 Å². The number of hydrogen-bond donors (Lipinski definition) is 2. The quantitative estimate of drug-likeness (QED) is 0.877. The molecule has 2 amide bonds. The highest BCUT2D eigenvalue weighted by molar-refractivity contribution is 9.11. The fourth-order valence-electron chi connectivity index (χ4n) is 1.52. The Morgan fingerprint density at radius 1 is 1.25 bits per heavy atom. The van der Waals surface area contributed by atoms with Crippen molar-refractivity contribution in [2.75, 3.05) is 10.6 Å². The number of thiophene rings is 1. The first-order chi connectivity index (χ1) is 9.45. The summed E-state index contributed by atoms with van der Waals surface area (Å²) in [4.78, 5) is 22.9. The summed E-state index contributed by atoms with van der Waals surface area (Å²) in [5.74, 6) is -1.24. The Morgan fingerprint density at radius 2 is 2.00 bits per heavy atom. The summed E-state index contributed by atoms with van der Waals surface area (Å²) in [6, 6.07) is 5.68. The first kappa shape index (κ1) is 14.7. The van der Waals surface area contributed by atoms with Crippen LogP contribution < -0.4 is 10.6 Å². The summed E-state index contributed by atoms with van der Waals surface area (Å²) in [6.07, 6.45) is 0. The molecule has 104 valence electrons. The number of carbonyl (C=O) groups is 2. The third kappa shape index (κ3) is 3.64. The number of rotatable bonds is 3. The number of hydrogen-bond acceptors (Lipinski definition) is 3. The highest BCUT2D eigenvalue weighted by atomic mass is 79.9. The maximum Gasteiger partial charge on any atom is 0.256 e. The largest absolute Gasteiger partial charge is 0.324 e. The van der Waals surface area contributed by atoms with Gasteiger partial charge in [0.2, 0.25) is 5.91 Å². The summed E-state index contributed by atoms with van der Waals surface area (Å²) in [6.45, 7) is 1.29. The molecule has 1 aromatic carbocycles. The van der Waals surface area contributed by atoms with Crippen LogP contribution in [0.25, 0.3) is 0 Å². The fourth-order valence-corrected chi connectivity index (χ4v) is 2.66. The van der Waals surface area contributed by atoms with Gasteiger partial charge in [0.05, 0.1) is 15.0 Å². The van der Waals surface area contributed by atoms with Crippen molar-refractivity contribution in [1.29, 1.82) is 0 Å². The highest BCUT2D eigenvalue weighted by Gasteiger charge is 2.10. The van der Waals surface area contributed by atoms with E-state index in [0.29, 0.717) is 11.3 Å². The van der Waals surface area contributed by atoms with Gasteiger partial charge in [-0.25, -0.2) is 4.39 Å². The van der Waals surface area contributed by atoms with Crippen molar-refractivity contribution in [3.63, 3.8) is 0 Å². The van der Waals surface area contributed by atoms with Crippen LogP contribution in [-0.4, -0.2) is 11.8 Å². The first-order valence-corrected chi connectivity index (χ1v) is 7.25. The average molecular weight is 357 g/mol. The van der Waals surface area contributed by atoms with Crippen molar-refractivity contribution >= 4 is 50.5 Å². The third-order valence-corrected chi connectivity index (χ3v) is 3.87. The smallest absolute Gasteiger partial charge is 0.256 e. The molecule has 7 heteroatoms. The number of benzene rings is 1. The van der Waals surface area contributed by atoms with Crippen LogP contribution in [0.4, 0.5) is 15.8 Å². The van der Waals surface area contributed by atoms with Crippen molar-refractivity contribution in [1.82, 2.24) is 0 Å². The van der Waals surface area contributed by atoms with Crippen LogP contribution in [0, 0.1) is 5.82 Å². The lowest BCUT2D eigenvalue weighted by molar-refractivity contribution is -0.114. The zero-order chi connectivity index (χ0) is 14.7. The van der Waals surface area contributed by atoms with Crippen LogP contribution in [0.3, 0.4) is 0 Å². The molecule has 20 heavy (non-hydrogen) atoms. The molecule has 1 heterocycles. The van der Waals surface area contributed by atoms with Crippen molar-refractivity contribution in [3.05, 3.63) is 44.8 Å². The van der Waals surface area contributed by atoms with Crippen LogP contribution in [0.5, 0.6) is 0 Å². The summed E-state index contributed by atoms with van der Waals surface area (Å²) >= 11 is 4.67. The molecule has 0 aliphatic rings. The van der Waals surface area contributed by atoms with E-state index in [4.69, 9.17) is 0 Å². The van der Waals surface area contributed by atoms with Gasteiger partial charge in [-0.15, -0.1) is 11.3 Å². The van der Waals surface area contributed by atoms with E-state index in [2.05, 4.69) is 26.6 Å². The van der Waals surface area contributed by atoms with E-state index in [0.717, 1.165) is 3.79 Å². The van der Waals surface area contributed by atoms with Crippen LogP contribution in [0.15, 0.2) is 33.4 Å². The van der Waals surface area contributed by atoms with Crippen molar-refractivity contribution in [2.24, 2.45) is 0 Å². The normalized spacial score (nSPS) is 10.2. The number of nitrogens with one attached hydrogen (secondary N) is 2. The molecule has 0 bridgehead atoms. The maximum absolute atomic E-state index is 13.5. The van der Waals surface area contributed by atoms with E-state index >= 15 is 0 Å². The molecular weight excluding hydrogens is 347 g/mol. The van der Waals surface area contributed by atoms with Crippen LogP contribution in [0.2, 0.25) is 0 Å². The van der Waals surface area contributed by atoms with E-state index in [1.54, 1.807) is 11.4 Å². The average Bonchev–Trinajstić information content (AvgIpc) is 2.79. The second-order valence-electron chi connectivity index (χ2n) is 3.97. The number of halogens is 2. The Balaban J connectivity index is 2.17. The predicted octanol–water partition coefficient (Wildman–Crippen LogP) is 3.86. The Kier molecular flexibility index (Phi) is 4.51. The Hall–Kier alpha value is -1.73. The molecule has 1 aromatic heterocycles. The Bertz CT molecular complexity index is 672. The van der Waals surface area contributed by atoms with Gasteiger partial charge >= 0.3 is 0 Å². The van der Waals surface area contributed by atoms with Gasteiger partial charge in [-0.1, -0.05) is 0 Å². The third-order valence-electron chi connectivity index (χ3n) is 2.36. The van der Waals surface area contributed by atoms with E-state index in [9.17, 15) is 14.0 Å². The van der Waals surface area contributed by atoms with Crippen molar-refractivity contribution < 1.29 is 14.0 Å². The molecule has 0 saturated heterocycles. The van der Waals surface area contributed by atoms with E-state index in [1.165, 1.54) is 36.5 Å². The van der Waals surface area contributed by atoms with Gasteiger partial charge in [-0.3, -0.25) is 9.59 Å². The number of anilines is 2. The van der Waals surface area contributed by atoms with Gasteiger partial charge in [0.15, 0.2) is 0 Å².